The number of nitrogens with one attached hydrogen (secondary N) is 2. The Balaban J connectivity index is 1.34. The molecule has 0 aliphatic heterocycles. The van der Waals surface area contributed by atoms with Crippen molar-refractivity contribution in [1.82, 2.24) is 19.6 Å². The quantitative estimate of drug-likeness (QED) is 0.394. The smallest absolute Gasteiger partial charge is 0.276 e. The molecule has 2 amide bonds. The fourth-order valence-electron chi connectivity index (χ4n) is 3.21. The number of carbonyl (C=O) groups excluding carboxylic acids is 2. The monoisotopic (exact) mass is 460 g/mol. The molecule has 0 saturated carbocycles. The zero-order chi connectivity index (χ0) is 23.9. The number of carbonyl (C=O) groups is 2. The van der Waals surface area contributed by atoms with E-state index in [1.165, 1.54) is 4.68 Å². The first-order valence-electron chi connectivity index (χ1n) is 10.6. The van der Waals surface area contributed by atoms with Crippen LogP contribution in [0.25, 0.3) is 0 Å². The zero-order valence-corrected chi connectivity index (χ0v) is 18.8. The minimum absolute atomic E-state index is 0.148. The van der Waals surface area contributed by atoms with E-state index < -0.39 is 0 Å². The van der Waals surface area contributed by atoms with E-state index in [4.69, 9.17) is 9.47 Å². The Labute approximate surface area is 196 Å². The highest BCUT2D eigenvalue weighted by Gasteiger charge is 2.13. The second kappa shape index (κ2) is 10.3. The Morgan fingerprint density at radius 1 is 0.941 bits per heavy atom. The number of hydrogen-bond donors (Lipinski definition) is 2. The topological polar surface area (TPSA) is 112 Å². The van der Waals surface area contributed by atoms with Gasteiger partial charge in [-0.1, -0.05) is 6.07 Å². The molecular formula is C24H24N6O4. The van der Waals surface area contributed by atoms with Crippen LogP contribution in [0.15, 0.2) is 73.1 Å². The summed E-state index contributed by atoms with van der Waals surface area (Å²) in [6.07, 6.45) is 3.24. The summed E-state index contributed by atoms with van der Waals surface area (Å²) >= 11 is 0. The van der Waals surface area contributed by atoms with Gasteiger partial charge in [-0.2, -0.15) is 10.2 Å². The third-order valence-electron chi connectivity index (χ3n) is 4.92. The standard InChI is InChI=1S/C24H24N6O4/c1-3-30-22(11-13-25-30)24(32)27-18-6-4-5-17(15-18)26-23(31)21-12-14-29(28-21)16-34-20-9-7-19(33-2)8-10-20/h4-15H,3,16H2,1-2H3,(H,26,31)(H,27,32). The van der Waals surface area contributed by atoms with Gasteiger partial charge in [0.15, 0.2) is 12.4 Å². The van der Waals surface area contributed by atoms with Crippen molar-refractivity contribution in [3.05, 3.63) is 84.4 Å². The van der Waals surface area contributed by atoms with Crippen molar-refractivity contribution in [1.29, 1.82) is 0 Å². The van der Waals surface area contributed by atoms with Crippen LogP contribution in [-0.2, 0) is 13.3 Å². The average molecular weight is 460 g/mol. The predicted molar refractivity (Wildman–Crippen MR) is 126 cm³/mol. The second-order valence-corrected chi connectivity index (χ2v) is 7.21. The maximum Gasteiger partial charge on any atom is 0.276 e. The van der Waals surface area contributed by atoms with Crippen molar-refractivity contribution in [3.8, 4) is 11.5 Å². The molecule has 2 N–H and O–H groups in total. The van der Waals surface area contributed by atoms with Crippen LogP contribution >= 0.6 is 0 Å². The van der Waals surface area contributed by atoms with Gasteiger partial charge in [0, 0.05) is 30.3 Å². The van der Waals surface area contributed by atoms with Crippen LogP contribution in [0.1, 0.15) is 27.9 Å². The van der Waals surface area contributed by atoms with E-state index >= 15 is 0 Å². The van der Waals surface area contributed by atoms with Crippen LogP contribution in [0.4, 0.5) is 11.4 Å². The van der Waals surface area contributed by atoms with Gasteiger partial charge in [-0.05, 0) is 61.5 Å². The Kier molecular flexibility index (Phi) is 6.87. The molecule has 0 atom stereocenters. The number of nitrogens with zero attached hydrogens (tertiary/aromatic N) is 4. The van der Waals surface area contributed by atoms with Gasteiger partial charge in [0.25, 0.3) is 11.8 Å². The van der Waals surface area contributed by atoms with E-state index in [1.807, 2.05) is 6.92 Å². The normalized spacial score (nSPS) is 10.5. The Morgan fingerprint density at radius 2 is 1.65 bits per heavy atom. The third-order valence-corrected chi connectivity index (χ3v) is 4.92. The molecule has 0 aliphatic carbocycles. The van der Waals surface area contributed by atoms with Crippen LogP contribution in [0, 0.1) is 0 Å². The average Bonchev–Trinajstić information content (AvgIpc) is 3.53. The Hall–Kier alpha value is -4.60. The molecule has 0 bridgehead atoms. The summed E-state index contributed by atoms with van der Waals surface area (Å²) in [4.78, 5) is 25.2. The lowest BCUT2D eigenvalue weighted by molar-refractivity contribution is 0.101. The number of anilines is 2. The number of benzene rings is 2. The fraction of sp³-hybridized carbons (Fsp3) is 0.167. The number of hydrogen-bond acceptors (Lipinski definition) is 6. The molecule has 4 rings (SSSR count). The van der Waals surface area contributed by atoms with E-state index in [2.05, 4.69) is 20.8 Å². The van der Waals surface area contributed by atoms with E-state index in [0.717, 1.165) is 5.75 Å². The maximum atomic E-state index is 12.6. The van der Waals surface area contributed by atoms with Crippen LogP contribution in [-0.4, -0.2) is 38.5 Å². The number of ether oxygens (including phenoxy) is 2. The molecule has 0 aliphatic rings. The molecule has 0 saturated heterocycles. The van der Waals surface area contributed by atoms with Gasteiger partial charge in [-0.3, -0.25) is 14.3 Å². The summed E-state index contributed by atoms with van der Waals surface area (Å²) in [5, 5.41) is 14.0. The minimum atomic E-state index is -0.379. The van der Waals surface area contributed by atoms with Crippen molar-refractivity contribution < 1.29 is 19.1 Å². The molecule has 0 fully saturated rings. The molecule has 2 heterocycles. The van der Waals surface area contributed by atoms with E-state index in [1.54, 1.807) is 84.8 Å². The largest absolute Gasteiger partial charge is 0.497 e. The minimum Gasteiger partial charge on any atom is -0.497 e. The van der Waals surface area contributed by atoms with E-state index in [9.17, 15) is 9.59 Å². The van der Waals surface area contributed by atoms with Gasteiger partial charge in [0.05, 0.1) is 7.11 Å². The van der Waals surface area contributed by atoms with Gasteiger partial charge >= 0.3 is 0 Å². The van der Waals surface area contributed by atoms with Crippen molar-refractivity contribution in [3.63, 3.8) is 0 Å². The Morgan fingerprint density at radius 3 is 2.35 bits per heavy atom. The molecule has 34 heavy (non-hydrogen) atoms. The van der Waals surface area contributed by atoms with Crippen molar-refractivity contribution in [2.24, 2.45) is 0 Å². The zero-order valence-electron chi connectivity index (χ0n) is 18.8. The molecular weight excluding hydrogens is 436 g/mol. The molecule has 174 valence electrons. The van der Waals surface area contributed by atoms with Crippen LogP contribution < -0.4 is 20.1 Å². The van der Waals surface area contributed by atoms with Crippen LogP contribution in [0.2, 0.25) is 0 Å². The molecule has 0 radical (unpaired) electrons. The first kappa shape index (κ1) is 22.6. The molecule has 0 spiro atoms. The molecule has 2 aromatic heterocycles. The first-order chi connectivity index (χ1) is 16.6. The van der Waals surface area contributed by atoms with E-state index in [-0.39, 0.29) is 24.2 Å². The third kappa shape index (κ3) is 5.41. The number of aryl methyl sites for hydroxylation is 1. The van der Waals surface area contributed by atoms with Crippen molar-refractivity contribution >= 4 is 23.2 Å². The molecule has 0 unspecified atom stereocenters. The summed E-state index contributed by atoms with van der Waals surface area (Å²) in [6.45, 7) is 2.64. The van der Waals surface area contributed by atoms with Gasteiger partial charge < -0.3 is 20.1 Å². The summed E-state index contributed by atoms with van der Waals surface area (Å²) in [5.74, 6) is 0.735. The van der Waals surface area contributed by atoms with Crippen molar-refractivity contribution in [2.45, 2.75) is 20.2 Å². The van der Waals surface area contributed by atoms with Crippen molar-refractivity contribution in [2.75, 3.05) is 17.7 Å². The maximum absolute atomic E-state index is 12.6. The second-order valence-electron chi connectivity index (χ2n) is 7.21. The van der Waals surface area contributed by atoms with E-state index in [0.29, 0.717) is 29.4 Å². The highest BCUT2D eigenvalue weighted by molar-refractivity contribution is 6.05. The molecule has 10 nitrogen and oxygen atoms in total. The number of methoxy groups -OCH3 is 1. The van der Waals surface area contributed by atoms with Gasteiger partial charge in [-0.15, -0.1) is 0 Å². The number of aromatic nitrogens is 4. The predicted octanol–water partition coefficient (Wildman–Crippen LogP) is 3.65. The molecule has 4 aromatic rings. The molecule has 10 heteroatoms. The van der Waals surface area contributed by atoms with Gasteiger partial charge in [-0.25, -0.2) is 4.68 Å². The lowest BCUT2D eigenvalue weighted by atomic mass is 10.2. The lowest BCUT2D eigenvalue weighted by Crippen LogP contribution is -2.18. The number of rotatable bonds is 9. The first-order valence-corrected chi connectivity index (χ1v) is 10.6. The van der Waals surface area contributed by atoms with Gasteiger partial charge in [0.1, 0.15) is 17.2 Å². The summed E-state index contributed by atoms with van der Waals surface area (Å²) in [7, 11) is 1.60. The number of amides is 2. The SMILES string of the molecule is CCn1nccc1C(=O)Nc1cccc(NC(=O)c2ccn(COc3ccc(OC)cc3)n2)c1. The van der Waals surface area contributed by atoms with Crippen LogP contribution in [0.5, 0.6) is 11.5 Å². The highest BCUT2D eigenvalue weighted by atomic mass is 16.5. The highest BCUT2D eigenvalue weighted by Crippen LogP contribution is 2.18. The fourth-order valence-corrected chi connectivity index (χ4v) is 3.21. The summed E-state index contributed by atoms with van der Waals surface area (Å²) in [6, 6.07) is 17.3. The van der Waals surface area contributed by atoms with Gasteiger partial charge in [0.2, 0.25) is 0 Å². The van der Waals surface area contributed by atoms with Crippen LogP contribution in [0.3, 0.4) is 0 Å². The summed E-state index contributed by atoms with van der Waals surface area (Å²) < 4.78 is 13.9. The Bertz CT molecular complexity index is 1280. The lowest BCUT2D eigenvalue weighted by Gasteiger charge is -2.09. The molecule has 2 aromatic carbocycles. The summed E-state index contributed by atoms with van der Waals surface area (Å²) in [5.41, 5.74) is 1.76.